The van der Waals surface area contributed by atoms with Crippen molar-refractivity contribution in [2.45, 2.75) is 19.9 Å². The molecule has 0 aromatic heterocycles. The Kier molecular flexibility index (Phi) is 6.11. The molecule has 0 bridgehead atoms. The van der Waals surface area contributed by atoms with E-state index in [1.165, 1.54) is 7.11 Å². The van der Waals surface area contributed by atoms with Crippen molar-refractivity contribution in [2.24, 2.45) is 0 Å². The lowest BCUT2D eigenvalue weighted by Gasteiger charge is -2.17. The highest BCUT2D eigenvalue weighted by Crippen LogP contribution is 2.28. The van der Waals surface area contributed by atoms with Gasteiger partial charge in [-0.1, -0.05) is 11.6 Å². The molecule has 3 amide bonds. The minimum absolute atomic E-state index is 0.446. The van der Waals surface area contributed by atoms with Gasteiger partial charge in [0.05, 0.1) is 12.8 Å². The molecule has 0 heterocycles. The second-order valence-electron chi connectivity index (χ2n) is 4.06. The summed E-state index contributed by atoms with van der Waals surface area (Å²) in [5, 5.41) is 8.18. The maximum absolute atomic E-state index is 11.8. The molecule has 0 saturated heterocycles. The van der Waals surface area contributed by atoms with Crippen LogP contribution in [-0.2, 0) is 4.79 Å². The van der Waals surface area contributed by atoms with E-state index in [1.807, 2.05) is 0 Å². The summed E-state index contributed by atoms with van der Waals surface area (Å²) in [6, 6.07) is 3.88. The molecule has 0 aliphatic rings. The summed E-state index contributed by atoms with van der Waals surface area (Å²) in [5.74, 6) is 0.116. The molecule has 20 heavy (non-hydrogen) atoms. The van der Waals surface area contributed by atoms with Gasteiger partial charge in [-0.25, -0.2) is 4.79 Å². The maximum atomic E-state index is 11.8. The van der Waals surface area contributed by atoms with Crippen LogP contribution in [0, 0.1) is 0 Å². The van der Waals surface area contributed by atoms with Gasteiger partial charge >= 0.3 is 6.03 Å². The van der Waals surface area contributed by atoms with Crippen LogP contribution in [0.4, 0.5) is 10.5 Å². The van der Waals surface area contributed by atoms with Crippen molar-refractivity contribution in [3.05, 3.63) is 23.2 Å². The number of hydrogen-bond acceptors (Lipinski definition) is 4. The predicted molar refractivity (Wildman–Crippen MR) is 78.3 cm³/mol. The quantitative estimate of drug-likeness (QED) is 0.777. The molecule has 1 atom stereocenters. The van der Waals surface area contributed by atoms with Crippen molar-refractivity contribution >= 4 is 29.2 Å². The van der Waals surface area contributed by atoms with E-state index in [9.17, 15) is 9.59 Å². The van der Waals surface area contributed by atoms with Gasteiger partial charge in [0.1, 0.15) is 11.8 Å². The summed E-state index contributed by atoms with van der Waals surface area (Å²) in [6.07, 6.45) is 0. The van der Waals surface area contributed by atoms with Gasteiger partial charge in [-0.05, 0) is 32.0 Å². The molecule has 0 spiro atoms. The summed E-state index contributed by atoms with van der Waals surface area (Å²) in [5.41, 5.74) is 0.582. The molecule has 0 fully saturated rings. The fourth-order valence-corrected chi connectivity index (χ4v) is 1.69. The highest BCUT2D eigenvalue weighted by atomic mass is 35.5. The number of hydrogen-bond donors (Lipinski definition) is 3. The molecule has 1 unspecified atom stereocenters. The molecular weight excluding hydrogens is 282 g/mol. The van der Waals surface area contributed by atoms with Crippen molar-refractivity contribution in [1.82, 2.24) is 10.6 Å². The second-order valence-corrected chi connectivity index (χ2v) is 4.50. The number of anilines is 1. The van der Waals surface area contributed by atoms with Gasteiger partial charge in [0.25, 0.3) is 0 Å². The number of ether oxygens (including phenoxy) is 1. The van der Waals surface area contributed by atoms with Crippen molar-refractivity contribution in [3.8, 4) is 5.75 Å². The SMILES string of the molecule is CCNC(=O)NC(=O)C(C)Nc1cc(Cl)ccc1OC. The third-order valence-electron chi connectivity index (χ3n) is 2.50. The van der Waals surface area contributed by atoms with E-state index in [-0.39, 0.29) is 0 Å². The summed E-state index contributed by atoms with van der Waals surface area (Å²) < 4.78 is 5.17. The van der Waals surface area contributed by atoms with Crippen LogP contribution in [0.5, 0.6) is 5.75 Å². The number of carbonyl (C=O) groups excluding carboxylic acids is 2. The average Bonchev–Trinajstić information content (AvgIpc) is 2.39. The molecule has 0 saturated carbocycles. The number of urea groups is 1. The predicted octanol–water partition coefficient (Wildman–Crippen LogP) is 1.99. The van der Waals surface area contributed by atoms with Gasteiger partial charge < -0.3 is 15.4 Å². The summed E-state index contributed by atoms with van der Waals surface area (Å²) in [4.78, 5) is 23.1. The monoisotopic (exact) mass is 299 g/mol. The first-order chi connectivity index (χ1) is 9.47. The van der Waals surface area contributed by atoms with Crippen LogP contribution < -0.4 is 20.7 Å². The first kappa shape index (κ1) is 16.1. The highest BCUT2D eigenvalue weighted by Gasteiger charge is 2.17. The molecule has 110 valence electrons. The minimum atomic E-state index is -0.620. The number of halogens is 1. The number of imide groups is 1. The Bertz CT molecular complexity index is 494. The van der Waals surface area contributed by atoms with Crippen LogP contribution in [0.25, 0.3) is 0 Å². The van der Waals surface area contributed by atoms with Crippen molar-refractivity contribution in [2.75, 3.05) is 19.0 Å². The number of carbonyl (C=O) groups is 2. The molecule has 0 aliphatic carbocycles. The van der Waals surface area contributed by atoms with E-state index in [0.29, 0.717) is 23.0 Å². The molecular formula is C13H18ClN3O3. The Labute approximate surface area is 122 Å². The number of nitrogens with one attached hydrogen (secondary N) is 3. The lowest BCUT2D eigenvalue weighted by molar-refractivity contribution is -0.120. The molecule has 6 nitrogen and oxygen atoms in total. The summed E-state index contributed by atoms with van der Waals surface area (Å²) in [6.45, 7) is 3.85. The molecule has 1 rings (SSSR count). The molecule has 1 aromatic rings. The fourth-order valence-electron chi connectivity index (χ4n) is 1.52. The second kappa shape index (κ2) is 7.59. The Morgan fingerprint density at radius 3 is 2.70 bits per heavy atom. The number of methoxy groups -OCH3 is 1. The minimum Gasteiger partial charge on any atom is -0.495 e. The van der Waals surface area contributed by atoms with Crippen LogP contribution in [0.1, 0.15) is 13.8 Å². The Morgan fingerprint density at radius 2 is 2.10 bits per heavy atom. The summed E-state index contributed by atoms with van der Waals surface area (Å²) >= 11 is 5.90. The van der Waals surface area contributed by atoms with E-state index >= 15 is 0 Å². The molecule has 1 aromatic carbocycles. The van der Waals surface area contributed by atoms with Crippen molar-refractivity contribution in [1.29, 1.82) is 0 Å². The van der Waals surface area contributed by atoms with Crippen LogP contribution in [-0.4, -0.2) is 31.6 Å². The Balaban J connectivity index is 2.70. The lowest BCUT2D eigenvalue weighted by atomic mass is 10.2. The highest BCUT2D eigenvalue weighted by molar-refractivity contribution is 6.31. The van der Waals surface area contributed by atoms with Gasteiger partial charge in [0.2, 0.25) is 5.91 Å². The zero-order valence-electron chi connectivity index (χ0n) is 11.6. The zero-order chi connectivity index (χ0) is 15.1. The number of benzene rings is 1. The van der Waals surface area contributed by atoms with E-state index in [1.54, 1.807) is 32.0 Å². The Morgan fingerprint density at radius 1 is 1.40 bits per heavy atom. The van der Waals surface area contributed by atoms with E-state index < -0.39 is 18.0 Å². The third-order valence-corrected chi connectivity index (χ3v) is 2.74. The van der Waals surface area contributed by atoms with E-state index in [4.69, 9.17) is 16.3 Å². The zero-order valence-corrected chi connectivity index (χ0v) is 12.4. The summed E-state index contributed by atoms with van der Waals surface area (Å²) in [7, 11) is 1.52. The topological polar surface area (TPSA) is 79.5 Å². The number of rotatable bonds is 5. The van der Waals surface area contributed by atoms with Crippen LogP contribution >= 0.6 is 11.6 Å². The largest absolute Gasteiger partial charge is 0.495 e. The third kappa shape index (κ3) is 4.62. The van der Waals surface area contributed by atoms with Gasteiger partial charge in [-0.3, -0.25) is 10.1 Å². The Hall–Kier alpha value is -1.95. The standard InChI is InChI=1S/C13H18ClN3O3/c1-4-15-13(19)17-12(18)8(2)16-10-7-9(14)5-6-11(10)20-3/h5-8,16H,4H2,1-3H3,(H2,15,17,18,19). The molecule has 0 radical (unpaired) electrons. The average molecular weight is 300 g/mol. The van der Waals surface area contributed by atoms with E-state index in [0.717, 1.165) is 0 Å². The van der Waals surface area contributed by atoms with Gasteiger partial charge in [0.15, 0.2) is 0 Å². The van der Waals surface area contributed by atoms with Crippen molar-refractivity contribution < 1.29 is 14.3 Å². The molecule has 7 heteroatoms. The molecule has 3 N–H and O–H groups in total. The first-order valence-corrected chi connectivity index (χ1v) is 6.54. The first-order valence-electron chi connectivity index (χ1n) is 6.16. The van der Waals surface area contributed by atoms with Crippen LogP contribution in [0.15, 0.2) is 18.2 Å². The lowest BCUT2D eigenvalue weighted by Crippen LogP contribution is -2.45. The van der Waals surface area contributed by atoms with Crippen LogP contribution in [0.3, 0.4) is 0 Å². The number of amides is 3. The normalized spacial score (nSPS) is 11.4. The smallest absolute Gasteiger partial charge is 0.321 e. The van der Waals surface area contributed by atoms with Gasteiger partial charge in [-0.15, -0.1) is 0 Å². The van der Waals surface area contributed by atoms with Gasteiger partial charge in [0, 0.05) is 11.6 Å². The maximum Gasteiger partial charge on any atom is 0.321 e. The van der Waals surface area contributed by atoms with E-state index in [2.05, 4.69) is 16.0 Å². The van der Waals surface area contributed by atoms with Crippen molar-refractivity contribution in [3.63, 3.8) is 0 Å². The van der Waals surface area contributed by atoms with Crippen LogP contribution in [0.2, 0.25) is 5.02 Å². The fraction of sp³-hybridized carbons (Fsp3) is 0.385. The molecule has 0 aliphatic heterocycles. The van der Waals surface area contributed by atoms with Gasteiger partial charge in [-0.2, -0.15) is 0 Å².